The number of rotatable bonds is 4. The van der Waals surface area contributed by atoms with Gasteiger partial charge in [-0.25, -0.2) is 0 Å². The minimum Gasteiger partial charge on any atom is -0.397 e. The van der Waals surface area contributed by atoms with E-state index in [9.17, 15) is 4.79 Å². The van der Waals surface area contributed by atoms with Crippen molar-refractivity contribution in [2.24, 2.45) is 16.5 Å². The standard InChI is InChI=1S/C12H19N3O/c1-7(2)6-15-11(8(3)4)10(13)9(5)12(14)16/h6H,3,13H2,1-2,4-5H3,(H2,14,16)/b10-9-,15-11+. The molecule has 88 valence electrons. The van der Waals surface area contributed by atoms with Gasteiger partial charge in [-0.2, -0.15) is 0 Å². The van der Waals surface area contributed by atoms with Crippen molar-refractivity contribution < 1.29 is 4.79 Å². The molecule has 16 heavy (non-hydrogen) atoms. The average Bonchev–Trinajstić information content (AvgIpc) is 2.15. The molecule has 4 heteroatoms. The smallest absolute Gasteiger partial charge is 0.246 e. The Bertz CT molecular complexity index is 396. The molecule has 0 unspecified atom stereocenters. The van der Waals surface area contributed by atoms with Crippen LogP contribution in [0.1, 0.15) is 27.7 Å². The van der Waals surface area contributed by atoms with E-state index in [-0.39, 0.29) is 5.70 Å². The van der Waals surface area contributed by atoms with Crippen molar-refractivity contribution in [2.75, 3.05) is 0 Å². The van der Waals surface area contributed by atoms with Crippen molar-refractivity contribution in [3.8, 4) is 0 Å². The van der Waals surface area contributed by atoms with Crippen molar-refractivity contribution in [3.63, 3.8) is 0 Å². The number of aliphatic imine (C=N–C) groups is 1. The van der Waals surface area contributed by atoms with Gasteiger partial charge in [0.2, 0.25) is 5.91 Å². The number of carbonyl (C=O) groups is 1. The van der Waals surface area contributed by atoms with Crippen LogP contribution >= 0.6 is 0 Å². The maximum absolute atomic E-state index is 11.0. The number of carbonyl (C=O) groups excluding carboxylic acids is 1. The number of hydrogen-bond acceptors (Lipinski definition) is 3. The maximum atomic E-state index is 11.0. The Morgan fingerprint density at radius 3 is 2.00 bits per heavy atom. The molecule has 0 aromatic carbocycles. The molecule has 4 N–H and O–H groups in total. The number of hydrogen-bond donors (Lipinski definition) is 2. The summed E-state index contributed by atoms with van der Waals surface area (Å²) in [6.45, 7) is 10.9. The van der Waals surface area contributed by atoms with Crippen LogP contribution in [-0.2, 0) is 4.79 Å². The second-order valence-corrected chi connectivity index (χ2v) is 3.87. The number of primary amides is 1. The van der Waals surface area contributed by atoms with Gasteiger partial charge in [-0.1, -0.05) is 12.2 Å². The lowest BCUT2D eigenvalue weighted by Gasteiger charge is -2.08. The highest BCUT2D eigenvalue weighted by atomic mass is 16.1. The summed E-state index contributed by atoms with van der Waals surface area (Å²) in [5, 5.41) is 0. The SMILES string of the molecule is C=C(C)C(=N\C=C(C)C)/C(N)=C(\C)C(N)=O. The number of nitrogens with zero attached hydrogens (tertiary/aromatic N) is 1. The summed E-state index contributed by atoms with van der Waals surface area (Å²) in [6.07, 6.45) is 1.67. The van der Waals surface area contributed by atoms with E-state index in [2.05, 4.69) is 11.6 Å². The third-order valence-electron chi connectivity index (χ3n) is 1.88. The van der Waals surface area contributed by atoms with E-state index in [0.29, 0.717) is 16.9 Å². The lowest BCUT2D eigenvalue weighted by atomic mass is 10.1. The van der Waals surface area contributed by atoms with Crippen molar-refractivity contribution >= 4 is 11.6 Å². The Labute approximate surface area is 96.4 Å². The fourth-order valence-corrected chi connectivity index (χ4v) is 0.914. The van der Waals surface area contributed by atoms with Gasteiger partial charge < -0.3 is 11.5 Å². The summed E-state index contributed by atoms with van der Waals surface area (Å²) < 4.78 is 0. The van der Waals surface area contributed by atoms with Crippen LogP contribution < -0.4 is 11.5 Å². The normalized spacial score (nSPS) is 12.9. The van der Waals surface area contributed by atoms with Gasteiger partial charge in [-0.3, -0.25) is 9.79 Å². The van der Waals surface area contributed by atoms with Gasteiger partial charge in [0, 0.05) is 11.8 Å². The minimum atomic E-state index is -0.552. The van der Waals surface area contributed by atoms with Crippen molar-refractivity contribution in [1.29, 1.82) is 0 Å². The average molecular weight is 221 g/mol. The molecule has 0 fully saturated rings. The predicted octanol–water partition coefficient (Wildman–Crippen LogP) is 1.65. The summed E-state index contributed by atoms with van der Waals surface area (Å²) in [7, 11) is 0. The quantitative estimate of drug-likeness (QED) is 0.559. The summed E-state index contributed by atoms with van der Waals surface area (Å²) >= 11 is 0. The molecule has 0 bridgehead atoms. The monoisotopic (exact) mass is 221 g/mol. The Morgan fingerprint density at radius 1 is 1.19 bits per heavy atom. The topological polar surface area (TPSA) is 81.5 Å². The van der Waals surface area contributed by atoms with Crippen molar-refractivity contribution in [1.82, 2.24) is 0 Å². The Balaban J connectivity index is 5.50. The van der Waals surface area contributed by atoms with Crippen LogP contribution in [0.3, 0.4) is 0 Å². The van der Waals surface area contributed by atoms with Crippen LogP contribution in [0, 0.1) is 0 Å². The predicted molar refractivity (Wildman–Crippen MR) is 67.8 cm³/mol. The van der Waals surface area contributed by atoms with E-state index < -0.39 is 5.91 Å². The van der Waals surface area contributed by atoms with Gasteiger partial charge in [0.25, 0.3) is 0 Å². The molecule has 0 saturated carbocycles. The zero-order chi connectivity index (χ0) is 12.9. The summed E-state index contributed by atoms with van der Waals surface area (Å²) in [5.74, 6) is -0.552. The zero-order valence-corrected chi connectivity index (χ0v) is 10.3. The number of allylic oxidation sites excluding steroid dienone is 2. The van der Waals surface area contributed by atoms with Gasteiger partial charge in [-0.15, -0.1) is 0 Å². The molecule has 0 aromatic heterocycles. The molecule has 0 aliphatic carbocycles. The molecule has 0 radical (unpaired) electrons. The molecular formula is C12H19N3O. The second-order valence-electron chi connectivity index (χ2n) is 3.87. The Hall–Kier alpha value is -1.84. The first-order chi connectivity index (χ1) is 7.27. The van der Waals surface area contributed by atoms with Gasteiger partial charge >= 0.3 is 0 Å². The highest BCUT2D eigenvalue weighted by Crippen LogP contribution is 2.07. The molecule has 0 heterocycles. The minimum absolute atomic E-state index is 0.275. The zero-order valence-electron chi connectivity index (χ0n) is 10.3. The largest absolute Gasteiger partial charge is 0.397 e. The molecule has 0 saturated heterocycles. The Morgan fingerprint density at radius 2 is 1.69 bits per heavy atom. The molecule has 0 aliphatic rings. The summed E-state index contributed by atoms with van der Waals surface area (Å²) in [4.78, 5) is 15.2. The first kappa shape index (κ1) is 14.2. The third-order valence-corrected chi connectivity index (χ3v) is 1.88. The fourth-order valence-electron chi connectivity index (χ4n) is 0.914. The van der Waals surface area contributed by atoms with Crippen LogP contribution in [0.25, 0.3) is 0 Å². The molecule has 4 nitrogen and oxygen atoms in total. The highest BCUT2D eigenvalue weighted by molar-refractivity contribution is 6.15. The molecule has 0 aromatic rings. The van der Waals surface area contributed by atoms with Crippen molar-refractivity contribution in [3.05, 3.63) is 35.2 Å². The summed E-state index contributed by atoms with van der Waals surface area (Å²) in [5.41, 5.74) is 13.8. The molecular weight excluding hydrogens is 202 g/mol. The molecule has 0 rings (SSSR count). The van der Waals surface area contributed by atoms with E-state index >= 15 is 0 Å². The van der Waals surface area contributed by atoms with E-state index in [1.807, 2.05) is 13.8 Å². The van der Waals surface area contributed by atoms with Gasteiger partial charge in [-0.05, 0) is 33.3 Å². The second kappa shape index (κ2) is 5.90. The van der Waals surface area contributed by atoms with E-state index in [4.69, 9.17) is 11.5 Å². The number of amides is 1. The van der Waals surface area contributed by atoms with Crippen LogP contribution in [-0.4, -0.2) is 11.6 Å². The van der Waals surface area contributed by atoms with Gasteiger partial charge in [0.05, 0.1) is 11.4 Å². The first-order valence-electron chi connectivity index (χ1n) is 4.91. The lowest BCUT2D eigenvalue weighted by Crippen LogP contribution is -2.22. The number of nitrogens with two attached hydrogens (primary N) is 2. The van der Waals surface area contributed by atoms with E-state index in [0.717, 1.165) is 5.57 Å². The summed E-state index contributed by atoms with van der Waals surface area (Å²) in [6, 6.07) is 0. The van der Waals surface area contributed by atoms with Crippen LogP contribution in [0.2, 0.25) is 0 Å². The van der Waals surface area contributed by atoms with E-state index in [1.165, 1.54) is 0 Å². The third kappa shape index (κ3) is 4.13. The lowest BCUT2D eigenvalue weighted by molar-refractivity contribution is -0.114. The van der Waals surface area contributed by atoms with Crippen LogP contribution in [0.5, 0.6) is 0 Å². The highest BCUT2D eigenvalue weighted by Gasteiger charge is 2.10. The van der Waals surface area contributed by atoms with Crippen LogP contribution in [0.15, 0.2) is 40.2 Å². The van der Waals surface area contributed by atoms with Crippen molar-refractivity contribution in [2.45, 2.75) is 27.7 Å². The molecule has 0 atom stereocenters. The molecule has 0 spiro atoms. The first-order valence-corrected chi connectivity index (χ1v) is 4.91. The van der Waals surface area contributed by atoms with E-state index in [1.54, 1.807) is 20.0 Å². The Kier molecular flexibility index (Phi) is 5.22. The molecule has 0 aliphatic heterocycles. The van der Waals surface area contributed by atoms with Gasteiger partial charge in [0.1, 0.15) is 0 Å². The van der Waals surface area contributed by atoms with Gasteiger partial charge in [0.15, 0.2) is 0 Å². The fraction of sp³-hybridized carbons (Fsp3) is 0.333. The maximum Gasteiger partial charge on any atom is 0.246 e. The van der Waals surface area contributed by atoms with Crippen LogP contribution in [0.4, 0.5) is 0 Å². The molecule has 1 amide bonds.